The summed E-state index contributed by atoms with van der Waals surface area (Å²) >= 11 is 6.46. The molecule has 14 nitrogen and oxygen atoms in total. The molecule has 17 heteroatoms. The Morgan fingerprint density at radius 3 is 2.57 bits per heavy atom. The number of pyridine rings is 1. The second-order valence-corrected chi connectivity index (χ2v) is 19.3. The first-order valence-electron chi connectivity index (χ1n) is 19.0. The zero-order chi connectivity index (χ0) is 40.8. The number of aromatic nitrogens is 1. The number of alkyl halides is 1. The minimum atomic E-state index is -4.67. The fourth-order valence-corrected chi connectivity index (χ4v) is 8.98. The van der Waals surface area contributed by atoms with E-state index >= 15 is 0 Å². The Balaban J connectivity index is 1.34. The third-order valence-electron chi connectivity index (χ3n) is 11.0. The summed E-state index contributed by atoms with van der Waals surface area (Å²) in [6.45, 7) is 9.62. The average molecular weight is 820 g/mol. The number of nitrogens with one attached hydrogen (secondary N) is 3. The molecule has 4 amide bonds. The molecule has 0 spiro atoms. The Bertz CT molecular complexity index is 2020. The number of sulfonamides is 1. The number of hydrogen-bond donors (Lipinski definition) is 3. The van der Waals surface area contributed by atoms with Crippen molar-refractivity contribution in [3.8, 4) is 11.6 Å². The smallest absolute Gasteiger partial charge is 0.407 e. The van der Waals surface area contributed by atoms with E-state index in [1.807, 2.05) is 45.4 Å². The van der Waals surface area contributed by atoms with Crippen molar-refractivity contribution in [1.29, 1.82) is 0 Å². The quantitative estimate of drug-likeness (QED) is 0.300. The predicted octanol–water partition coefficient (Wildman–Crippen LogP) is 5.18. The number of allylic oxidation sites excluding steroid dienone is 1. The monoisotopic (exact) mass is 819 g/mol. The summed E-state index contributed by atoms with van der Waals surface area (Å²) in [5, 5.41) is 4.61. The molecule has 0 unspecified atom stereocenters. The van der Waals surface area contributed by atoms with Gasteiger partial charge in [-0.15, -0.1) is 0 Å². The maximum absolute atomic E-state index is 14.8. The summed E-state index contributed by atoms with van der Waals surface area (Å²) in [5.41, 5.74) is -2.05. The van der Waals surface area contributed by atoms with Crippen molar-refractivity contribution in [3.05, 3.63) is 41.6 Å². The van der Waals surface area contributed by atoms with Crippen molar-refractivity contribution < 1.29 is 46.2 Å². The number of carbonyl (C=O) groups excluding carboxylic acids is 4. The van der Waals surface area contributed by atoms with Crippen molar-refractivity contribution in [2.45, 2.75) is 108 Å². The summed E-state index contributed by atoms with van der Waals surface area (Å²) < 4.78 is 59.6. The van der Waals surface area contributed by atoms with E-state index in [9.17, 15) is 32.0 Å². The number of amides is 4. The summed E-state index contributed by atoms with van der Waals surface area (Å²) in [6, 6.07) is 2.82. The van der Waals surface area contributed by atoms with E-state index < -0.39 is 68.5 Å². The van der Waals surface area contributed by atoms with Crippen LogP contribution in [-0.2, 0) is 29.1 Å². The van der Waals surface area contributed by atoms with E-state index in [-0.39, 0.29) is 62.0 Å². The number of nitrogens with zero attached hydrogens (tertiary/aromatic N) is 2. The fourth-order valence-electron chi connectivity index (χ4n) is 7.49. The van der Waals surface area contributed by atoms with Crippen LogP contribution in [0, 0.1) is 23.2 Å². The van der Waals surface area contributed by atoms with Crippen LogP contribution in [0.15, 0.2) is 36.5 Å². The third kappa shape index (κ3) is 8.85. The van der Waals surface area contributed by atoms with Gasteiger partial charge < -0.3 is 29.7 Å². The number of methoxy groups -OCH3 is 1. The first-order chi connectivity index (χ1) is 26.3. The van der Waals surface area contributed by atoms with Gasteiger partial charge in [0, 0.05) is 36.8 Å². The molecule has 3 heterocycles. The van der Waals surface area contributed by atoms with E-state index in [4.69, 9.17) is 25.8 Å². The fraction of sp³-hybridized carbons (Fsp3) is 0.615. The zero-order valence-corrected chi connectivity index (χ0v) is 34.1. The molecule has 3 N–H and O–H groups in total. The standard InChI is InChI=1S/C39H51ClFN5O9S/c1-22-9-7-8-10-25-19-39(25,35(49)45-56(51,52)38(41)12-13-38)44-32(47)29-17-26(55-33-27-18-28(40)30(53-6)16-24(27)11-14-42-33)20-46(29)34(48)31(23(2)15-22)43-36(50)54-21-37(3,4)5/h8,10-11,14,16,18,22-23,25-26,29,31H,7,9,12-13,15,17,19-21H2,1-6H3,(H,43,50)(H,44,47)(H,45,49)/b10-8-/t22-,23-,25-,26-,29+,31+,39-/m1/s1. The lowest BCUT2D eigenvalue weighted by Crippen LogP contribution is -2.59. The highest BCUT2D eigenvalue weighted by atomic mass is 35.5. The van der Waals surface area contributed by atoms with Crippen molar-refractivity contribution in [3.63, 3.8) is 0 Å². The van der Waals surface area contributed by atoms with Crippen molar-refractivity contribution in [2.24, 2.45) is 23.2 Å². The predicted molar refractivity (Wildman–Crippen MR) is 206 cm³/mol. The van der Waals surface area contributed by atoms with Gasteiger partial charge in [-0.25, -0.2) is 27.3 Å². The number of benzene rings is 1. The van der Waals surface area contributed by atoms with E-state index in [2.05, 4.69) is 15.6 Å². The highest BCUT2D eigenvalue weighted by Crippen LogP contribution is 2.48. The number of rotatable bonds is 8. The Kier molecular flexibility index (Phi) is 11.6. The molecule has 2 aliphatic carbocycles. The minimum absolute atomic E-state index is 0.0460. The van der Waals surface area contributed by atoms with Crippen LogP contribution >= 0.6 is 11.6 Å². The van der Waals surface area contributed by atoms with Gasteiger partial charge in [-0.3, -0.25) is 14.4 Å². The van der Waals surface area contributed by atoms with Crippen molar-refractivity contribution >= 4 is 56.2 Å². The second kappa shape index (κ2) is 15.6. The molecule has 3 fully saturated rings. The van der Waals surface area contributed by atoms with Gasteiger partial charge in [0.1, 0.15) is 29.5 Å². The number of fused-ring (bicyclic) bond motifs is 3. The summed E-state index contributed by atoms with van der Waals surface area (Å²) in [4.78, 5) is 61.9. The highest BCUT2D eigenvalue weighted by molar-refractivity contribution is 7.91. The van der Waals surface area contributed by atoms with Crippen LogP contribution < -0.4 is 24.8 Å². The first kappa shape index (κ1) is 41.5. The van der Waals surface area contributed by atoms with Crippen LogP contribution in [0.2, 0.25) is 5.02 Å². The van der Waals surface area contributed by atoms with E-state index in [1.165, 1.54) is 12.0 Å². The lowest BCUT2D eigenvalue weighted by Gasteiger charge is -2.33. The molecular weight excluding hydrogens is 769 g/mol. The molecule has 2 aromatic rings. The van der Waals surface area contributed by atoms with Crippen molar-refractivity contribution in [1.82, 2.24) is 25.2 Å². The van der Waals surface area contributed by atoms with Gasteiger partial charge in [0.05, 0.1) is 25.3 Å². The zero-order valence-electron chi connectivity index (χ0n) is 32.5. The maximum atomic E-state index is 14.8. The molecule has 0 bridgehead atoms. The molecule has 306 valence electrons. The van der Waals surface area contributed by atoms with Crippen LogP contribution in [0.3, 0.4) is 0 Å². The largest absolute Gasteiger partial charge is 0.495 e. The molecule has 56 heavy (non-hydrogen) atoms. The molecule has 2 saturated carbocycles. The minimum Gasteiger partial charge on any atom is -0.495 e. The average Bonchev–Trinajstić information content (AvgIpc) is 4.00. The SMILES string of the molecule is COc1cc2ccnc(O[C@@H]3C[C@H]4C(=O)N[C@]5(C(=O)NS(=O)(=O)C6(F)CC6)C[C@H]5/C=C\CC[C@@H](C)C[C@@H](C)[C@H](NC(=O)OCC(C)(C)C)C(=O)N4C3)c2cc1Cl. The Hall–Kier alpha value is -4.18. The van der Waals surface area contributed by atoms with Crippen LogP contribution in [0.5, 0.6) is 11.6 Å². The molecule has 4 aliphatic rings. The highest BCUT2D eigenvalue weighted by Gasteiger charge is 2.64. The topological polar surface area (TPSA) is 182 Å². The second-order valence-electron chi connectivity index (χ2n) is 17.0. The number of hydrogen-bond acceptors (Lipinski definition) is 10. The molecular formula is C39H51ClFN5O9S. The number of ether oxygens (including phenoxy) is 3. The van der Waals surface area contributed by atoms with E-state index in [0.717, 1.165) is 5.39 Å². The Labute approximate surface area is 331 Å². The van der Waals surface area contributed by atoms with E-state index in [0.29, 0.717) is 35.4 Å². The van der Waals surface area contributed by atoms with Gasteiger partial charge in [-0.1, -0.05) is 58.4 Å². The summed E-state index contributed by atoms with van der Waals surface area (Å²) in [6.07, 6.45) is 5.05. The van der Waals surface area contributed by atoms with E-state index in [1.54, 1.807) is 30.5 Å². The van der Waals surface area contributed by atoms with Crippen LogP contribution in [0.1, 0.15) is 79.6 Å². The third-order valence-corrected chi connectivity index (χ3v) is 13.1. The van der Waals surface area contributed by atoms with Crippen LogP contribution in [0.4, 0.5) is 9.18 Å². The number of alkyl carbamates (subject to hydrolysis) is 1. The van der Waals surface area contributed by atoms with Crippen molar-refractivity contribution in [2.75, 3.05) is 20.3 Å². The van der Waals surface area contributed by atoms with Gasteiger partial charge in [0.2, 0.25) is 22.7 Å². The molecule has 1 aromatic heterocycles. The molecule has 2 aliphatic heterocycles. The lowest BCUT2D eigenvalue weighted by molar-refractivity contribution is -0.142. The molecule has 6 rings (SSSR count). The van der Waals surface area contributed by atoms with Gasteiger partial charge >= 0.3 is 6.09 Å². The Morgan fingerprint density at radius 1 is 1.16 bits per heavy atom. The van der Waals surface area contributed by atoms with Gasteiger partial charge in [-0.05, 0) is 66.5 Å². The first-order valence-corrected chi connectivity index (χ1v) is 20.9. The van der Waals surface area contributed by atoms with Gasteiger partial charge in [-0.2, -0.15) is 0 Å². The molecule has 1 saturated heterocycles. The molecule has 0 radical (unpaired) electrons. The molecule has 1 aromatic carbocycles. The summed E-state index contributed by atoms with van der Waals surface area (Å²) in [5.74, 6) is -2.56. The van der Waals surface area contributed by atoms with Gasteiger partial charge in [0.15, 0.2) is 0 Å². The maximum Gasteiger partial charge on any atom is 0.407 e. The number of halogens is 2. The van der Waals surface area contributed by atoms with Crippen LogP contribution in [-0.4, -0.2) is 91.1 Å². The Morgan fingerprint density at radius 2 is 1.89 bits per heavy atom. The number of carbonyl (C=O) groups is 4. The molecule has 7 atom stereocenters. The lowest BCUT2D eigenvalue weighted by atomic mass is 9.88. The van der Waals surface area contributed by atoms with Crippen LogP contribution in [0.25, 0.3) is 10.8 Å². The normalized spacial score (nSPS) is 29.8. The summed E-state index contributed by atoms with van der Waals surface area (Å²) in [7, 11) is -3.18. The van der Waals surface area contributed by atoms with Gasteiger partial charge in [0.25, 0.3) is 15.9 Å².